The Morgan fingerprint density at radius 3 is 2.59 bits per heavy atom. The second-order valence-electron chi connectivity index (χ2n) is 9.33. The van der Waals surface area contributed by atoms with Crippen LogP contribution < -0.4 is 14.2 Å². The van der Waals surface area contributed by atoms with Gasteiger partial charge in [-0.3, -0.25) is 4.79 Å². The van der Waals surface area contributed by atoms with Crippen molar-refractivity contribution in [2.24, 2.45) is 0 Å². The zero-order valence-electron chi connectivity index (χ0n) is 19.9. The van der Waals surface area contributed by atoms with Gasteiger partial charge in [0.2, 0.25) is 5.76 Å². The topological polar surface area (TPSA) is 112 Å². The summed E-state index contributed by atoms with van der Waals surface area (Å²) in [6, 6.07) is 1.73. The summed E-state index contributed by atoms with van der Waals surface area (Å²) in [4.78, 5) is 24.5. The first-order valence-corrected chi connectivity index (χ1v) is 11.9. The smallest absolute Gasteiger partial charge is 0.374 e. The Morgan fingerprint density at radius 2 is 1.94 bits per heavy atom. The van der Waals surface area contributed by atoms with Crippen molar-refractivity contribution in [3.8, 4) is 17.2 Å². The molecule has 3 aliphatic rings. The Morgan fingerprint density at radius 1 is 1.21 bits per heavy atom. The minimum absolute atomic E-state index is 0.0144. The first kappa shape index (κ1) is 24.3. The molecule has 0 bridgehead atoms. The molecule has 0 unspecified atom stereocenters. The number of rotatable bonds is 7. The van der Waals surface area contributed by atoms with Gasteiger partial charge in [-0.1, -0.05) is 5.57 Å². The highest BCUT2D eigenvalue weighted by atomic mass is 16.6. The number of benzene rings is 1. The third-order valence-electron chi connectivity index (χ3n) is 6.34. The molecule has 184 valence electrons. The maximum absolute atomic E-state index is 12.6. The third-order valence-corrected chi connectivity index (χ3v) is 6.34. The van der Waals surface area contributed by atoms with E-state index in [2.05, 4.69) is 0 Å². The van der Waals surface area contributed by atoms with Crippen LogP contribution in [0.1, 0.15) is 64.0 Å². The van der Waals surface area contributed by atoms with E-state index in [1.807, 2.05) is 0 Å². The number of hydrogen-bond acceptors (Lipinski definition) is 8. The number of allylic oxidation sites excluding steroid dienone is 3. The molecule has 8 nitrogen and oxygen atoms in total. The number of Topliss-reactive ketones (excluding diaryl/α,β-unsaturated/α-hetero) is 1. The highest BCUT2D eigenvalue weighted by Gasteiger charge is 2.40. The normalized spacial score (nSPS) is 19.6. The van der Waals surface area contributed by atoms with Crippen molar-refractivity contribution >= 4 is 17.3 Å². The lowest BCUT2D eigenvalue weighted by atomic mass is 9.85. The number of aliphatic hydroxyl groups excluding tert-OH is 1. The molecule has 1 atom stereocenters. The summed E-state index contributed by atoms with van der Waals surface area (Å²) in [5, 5.41) is 19.9. The van der Waals surface area contributed by atoms with Crippen LogP contribution in [0.15, 0.2) is 23.5 Å². The number of carbonyl (C=O) groups is 2. The predicted molar refractivity (Wildman–Crippen MR) is 124 cm³/mol. The Balaban J connectivity index is 1.87. The fraction of sp³-hybridized carbons (Fsp3) is 0.538. The van der Waals surface area contributed by atoms with Crippen LogP contribution in [0.25, 0.3) is 5.57 Å². The molecule has 1 fully saturated rings. The SMILES string of the molecule is CCOC(=O)C1=CC(=C2CCC(=O)CC2)c2c(cc3c(c2OCCCO)C[C@@H](C(C)(C)O)O3)O1. The fourth-order valence-corrected chi connectivity index (χ4v) is 4.49. The minimum atomic E-state index is -1.08. The van der Waals surface area contributed by atoms with Crippen LogP contribution in [0.4, 0.5) is 0 Å². The van der Waals surface area contributed by atoms with Gasteiger partial charge in [0.1, 0.15) is 29.1 Å². The first-order valence-electron chi connectivity index (χ1n) is 11.9. The predicted octanol–water partition coefficient (Wildman–Crippen LogP) is 3.26. The molecular formula is C26H32O8. The first-order chi connectivity index (χ1) is 16.2. The monoisotopic (exact) mass is 472 g/mol. The molecule has 0 amide bonds. The van der Waals surface area contributed by atoms with Gasteiger partial charge in [-0.15, -0.1) is 0 Å². The van der Waals surface area contributed by atoms with Gasteiger partial charge in [0.05, 0.1) is 24.4 Å². The lowest BCUT2D eigenvalue weighted by Gasteiger charge is -2.27. The van der Waals surface area contributed by atoms with Crippen LogP contribution >= 0.6 is 0 Å². The summed E-state index contributed by atoms with van der Waals surface area (Å²) in [5.41, 5.74) is 2.28. The van der Waals surface area contributed by atoms with Crippen LogP contribution in [0.2, 0.25) is 0 Å². The second-order valence-corrected chi connectivity index (χ2v) is 9.33. The maximum Gasteiger partial charge on any atom is 0.374 e. The third kappa shape index (κ3) is 4.83. The molecule has 0 spiro atoms. The highest BCUT2D eigenvalue weighted by molar-refractivity contribution is 5.97. The highest BCUT2D eigenvalue weighted by Crippen LogP contribution is 2.51. The minimum Gasteiger partial charge on any atom is -0.492 e. The van der Waals surface area contributed by atoms with E-state index in [0.717, 1.165) is 16.7 Å². The number of esters is 1. The molecule has 2 N–H and O–H groups in total. The van der Waals surface area contributed by atoms with Crippen molar-refractivity contribution in [3.63, 3.8) is 0 Å². The van der Waals surface area contributed by atoms with Gasteiger partial charge in [-0.05, 0) is 45.3 Å². The van der Waals surface area contributed by atoms with E-state index < -0.39 is 17.7 Å². The van der Waals surface area contributed by atoms with Crippen molar-refractivity contribution < 1.29 is 38.7 Å². The van der Waals surface area contributed by atoms with Crippen LogP contribution in [0, 0.1) is 0 Å². The molecule has 1 aliphatic carbocycles. The van der Waals surface area contributed by atoms with Crippen LogP contribution in [-0.4, -0.2) is 53.5 Å². The van der Waals surface area contributed by atoms with Crippen molar-refractivity contribution in [2.45, 2.75) is 71.0 Å². The van der Waals surface area contributed by atoms with Gasteiger partial charge < -0.3 is 29.2 Å². The molecule has 4 rings (SSSR count). The molecule has 0 saturated heterocycles. The van der Waals surface area contributed by atoms with E-state index in [1.54, 1.807) is 32.9 Å². The number of fused-ring (bicyclic) bond motifs is 2. The average molecular weight is 473 g/mol. The van der Waals surface area contributed by atoms with Crippen LogP contribution in [0.5, 0.6) is 17.2 Å². The number of aliphatic hydroxyl groups is 2. The average Bonchev–Trinajstić information content (AvgIpc) is 3.23. The Kier molecular flexibility index (Phi) is 7.00. The molecule has 0 aromatic heterocycles. The second kappa shape index (κ2) is 9.80. The number of ketones is 1. The standard InChI is InChI=1S/C26H32O8/c1-4-31-25(29)21-12-17(15-6-8-16(28)9-7-15)23-20(33-21)14-19-18(24(23)32-11-5-10-27)13-22(34-19)26(2,3)30/h12,14,22,27,30H,4-11,13H2,1-3H3/t22-/m0/s1. The zero-order chi connectivity index (χ0) is 24.5. The lowest BCUT2D eigenvalue weighted by Crippen LogP contribution is -2.39. The number of hydrogen-bond donors (Lipinski definition) is 2. The summed E-state index contributed by atoms with van der Waals surface area (Å²) < 4.78 is 23.4. The summed E-state index contributed by atoms with van der Waals surface area (Å²) >= 11 is 0. The maximum atomic E-state index is 12.6. The van der Waals surface area contributed by atoms with E-state index in [9.17, 15) is 19.8 Å². The number of ether oxygens (including phenoxy) is 4. The van der Waals surface area contributed by atoms with E-state index in [-0.39, 0.29) is 31.4 Å². The Bertz CT molecular complexity index is 1030. The van der Waals surface area contributed by atoms with Crippen molar-refractivity contribution in [1.82, 2.24) is 0 Å². The Labute approximate surface area is 199 Å². The van der Waals surface area contributed by atoms with Gasteiger partial charge in [0.25, 0.3) is 0 Å². The van der Waals surface area contributed by atoms with Crippen LogP contribution in [-0.2, 0) is 20.7 Å². The fourth-order valence-electron chi connectivity index (χ4n) is 4.49. The molecule has 1 aromatic rings. The molecule has 34 heavy (non-hydrogen) atoms. The van der Waals surface area contributed by atoms with Gasteiger partial charge in [-0.2, -0.15) is 0 Å². The summed E-state index contributed by atoms with van der Waals surface area (Å²) in [5.74, 6) is 1.20. The quantitative estimate of drug-likeness (QED) is 0.460. The van der Waals surface area contributed by atoms with E-state index in [1.165, 1.54) is 0 Å². The van der Waals surface area contributed by atoms with E-state index in [4.69, 9.17) is 18.9 Å². The zero-order valence-corrected chi connectivity index (χ0v) is 19.9. The van der Waals surface area contributed by atoms with E-state index >= 15 is 0 Å². The van der Waals surface area contributed by atoms with Gasteiger partial charge >= 0.3 is 5.97 Å². The van der Waals surface area contributed by atoms with E-state index in [0.29, 0.717) is 61.3 Å². The Hall–Kier alpha value is -2.84. The molecule has 2 aliphatic heterocycles. The van der Waals surface area contributed by atoms with Crippen molar-refractivity contribution in [2.75, 3.05) is 19.8 Å². The van der Waals surface area contributed by atoms with Gasteiger partial charge in [-0.25, -0.2) is 4.79 Å². The molecule has 1 aromatic carbocycles. The van der Waals surface area contributed by atoms with Crippen molar-refractivity contribution in [1.29, 1.82) is 0 Å². The largest absolute Gasteiger partial charge is 0.492 e. The number of carbonyl (C=O) groups excluding carboxylic acids is 2. The molecule has 8 heteroatoms. The van der Waals surface area contributed by atoms with Gasteiger partial charge in [0, 0.05) is 43.9 Å². The summed E-state index contributed by atoms with van der Waals surface area (Å²) in [6.45, 7) is 5.59. The summed E-state index contributed by atoms with van der Waals surface area (Å²) in [7, 11) is 0. The molecular weight excluding hydrogens is 440 g/mol. The van der Waals surface area contributed by atoms with Crippen molar-refractivity contribution in [3.05, 3.63) is 34.6 Å². The molecule has 2 heterocycles. The van der Waals surface area contributed by atoms with Crippen LogP contribution in [0.3, 0.4) is 0 Å². The lowest BCUT2D eigenvalue weighted by molar-refractivity contribution is -0.141. The molecule has 1 saturated carbocycles. The van der Waals surface area contributed by atoms with Gasteiger partial charge in [0.15, 0.2) is 0 Å². The molecule has 0 radical (unpaired) electrons. The summed E-state index contributed by atoms with van der Waals surface area (Å²) in [6.07, 6.45) is 4.18.